The van der Waals surface area contributed by atoms with Gasteiger partial charge in [0.1, 0.15) is 10.9 Å². The van der Waals surface area contributed by atoms with Crippen LogP contribution in [-0.2, 0) is 4.74 Å². The Morgan fingerprint density at radius 3 is 2.77 bits per heavy atom. The van der Waals surface area contributed by atoms with Crippen LogP contribution in [-0.4, -0.2) is 12.1 Å². The summed E-state index contributed by atoms with van der Waals surface area (Å²) >= 11 is 11.4. The van der Waals surface area contributed by atoms with Crippen LogP contribution in [0.3, 0.4) is 0 Å². The largest absolute Gasteiger partial charge is 0.497 e. The molecule has 0 aliphatic rings. The Kier molecular flexibility index (Phi) is 3.01. The number of nitrogen functional groups attached to an aromatic ring is 1. The standard InChI is InChI=1S/C8H8Cl2N2O/c1-4(13-2)5-3-6(9)12-8(10)7(5)11/h3H,1,11H2,2H3. The first-order valence-corrected chi connectivity index (χ1v) is 4.16. The van der Waals surface area contributed by atoms with Gasteiger partial charge in [0.05, 0.1) is 12.8 Å². The minimum absolute atomic E-state index is 0.153. The number of nitrogens with zero attached hydrogens (tertiary/aromatic N) is 1. The van der Waals surface area contributed by atoms with Gasteiger partial charge in [-0.05, 0) is 6.07 Å². The van der Waals surface area contributed by atoms with Gasteiger partial charge in [0, 0.05) is 5.56 Å². The van der Waals surface area contributed by atoms with E-state index in [1.165, 1.54) is 7.11 Å². The minimum Gasteiger partial charge on any atom is -0.497 e. The van der Waals surface area contributed by atoms with Crippen molar-refractivity contribution in [3.05, 3.63) is 28.5 Å². The molecular weight excluding hydrogens is 211 g/mol. The van der Waals surface area contributed by atoms with Crippen molar-refractivity contribution in [2.75, 3.05) is 12.8 Å². The molecule has 13 heavy (non-hydrogen) atoms. The van der Waals surface area contributed by atoms with Crippen molar-refractivity contribution in [3.63, 3.8) is 0 Å². The number of ether oxygens (including phenoxy) is 1. The van der Waals surface area contributed by atoms with Crippen molar-refractivity contribution < 1.29 is 4.74 Å². The Hall–Kier alpha value is -0.930. The maximum atomic E-state index is 5.70. The molecule has 3 nitrogen and oxygen atoms in total. The summed E-state index contributed by atoms with van der Waals surface area (Å²) in [6.45, 7) is 3.64. The van der Waals surface area contributed by atoms with E-state index in [2.05, 4.69) is 11.6 Å². The highest BCUT2D eigenvalue weighted by atomic mass is 35.5. The van der Waals surface area contributed by atoms with Crippen LogP contribution >= 0.6 is 23.2 Å². The first-order chi connectivity index (χ1) is 6.06. The van der Waals surface area contributed by atoms with E-state index >= 15 is 0 Å². The molecule has 0 saturated heterocycles. The summed E-state index contributed by atoms with van der Waals surface area (Å²) in [6.07, 6.45) is 0. The normalized spacial score (nSPS) is 9.77. The van der Waals surface area contributed by atoms with E-state index < -0.39 is 0 Å². The third-order valence-corrected chi connectivity index (χ3v) is 2.01. The number of aromatic nitrogens is 1. The second kappa shape index (κ2) is 3.85. The highest BCUT2D eigenvalue weighted by molar-refractivity contribution is 6.34. The lowest BCUT2D eigenvalue weighted by molar-refractivity contribution is 0.371. The summed E-state index contributed by atoms with van der Waals surface area (Å²) < 4.78 is 4.91. The van der Waals surface area contributed by atoms with Gasteiger partial charge >= 0.3 is 0 Å². The molecule has 1 rings (SSSR count). The molecule has 1 aromatic rings. The molecule has 1 heterocycles. The minimum atomic E-state index is 0.153. The van der Waals surface area contributed by atoms with Crippen LogP contribution in [0.25, 0.3) is 5.76 Å². The first-order valence-electron chi connectivity index (χ1n) is 3.41. The molecule has 70 valence electrons. The van der Waals surface area contributed by atoms with Gasteiger partial charge in [-0.1, -0.05) is 29.8 Å². The zero-order chi connectivity index (χ0) is 10.0. The maximum Gasteiger partial charge on any atom is 0.154 e. The predicted octanol–water partition coefficient (Wildman–Crippen LogP) is 2.59. The predicted molar refractivity (Wildman–Crippen MR) is 54.7 cm³/mol. The molecule has 0 bridgehead atoms. The van der Waals surface area contributed by atoms with E-state index in [0.717, 1.165) is 0 Å². The molecule has 2 N–H and O–H groups in total. The number of hydrogen-bond acceptors (Lipinski definition) is 3. The van der Waals surface area contributed by atoms with Gasteiger partial charge in [-0.25, -0.2) is 4.98 Å². The van der Waals surface area contributed by atoms with Gasteiger partial charge in [-0.2, -0.15) is 0 Å². The van der Waals surface area contributed by atoms with E-state index in [0.29, 0.717) is 17.0 Å². The van der Waals surface area contributed by atoms with Crippen LogP contribution in [0.4, 0.5) is 5.69 Å². The summed E-state index contributed by atoms with van der Waals surface area (Å²) in [5.74, 6) is 0.406. The second-order valence-electron chi connectivity index (χ2n) is 2.32. The molecule has 0 amide bonds. The van der Waals surface area contributed by atoms with E-state index in [-0.39, 0.29) is 10.3 Å². The zero-order valence-corrected chi connectivity index (χ0v) is 8.49. The molecule has 0 unspecified atom stereocenters. The van der Waals surface area contributed by atoms with Crippen molar-refractivity contribution in [2.45, 2.75) is 0 Å². The molecule has 0 radical (unpaired) electrons. The monoisotopic (exact) mass is 218 g/mol. The van der Waals surface area contributed by atoms with Crippen LogP contribution in [0.2, 0.25) is 10.3 Å². The Bertz CT molecular complexity index is 352. The molecule has 5 heteroatoms. The fraction of sp³-hybridized carbons (Fsp3) is 0.125. The van der Waals surface area contributed by atoms with Crippen LogP contribution in [0, 0.1) is 0 Å². The van der Waals surface area contributed by atoms with Crippen molar-refractivity contribution >= 4 is 34.6 Å². The van der Waals surface area contributed by atoms with Crippen molar-refractivity contribution in [2.24, 2.45) is 0 Å². The van der Waals surface area contributed by atoms with E-state index in [1.54, 1.807) is 6.07 Å². The highest BCUT2D eigenvalue weighted by Gasteiger charge is 2.10. The molecule has 0 aromatic carbocycles. The number of pyridine rings is 1. The number of methoxy groups -OCH3 is 1. The molecule has 0 spiro atoms. The smallest absolute Gasteiger partial charge is 0.154 e. The van der Waals surface area contributed by atoms with Crippen molar-refractivity contribution in [1.29, 1.82) is 0 Å². The highest BCUT2D eigenvalue weighted by Crippen LogP contribution is 2.28. The SMILES string of the molecule is C=C(OC)c1cc(Cl)nc(Cl)c1N. The number of anilines is 1. The van der Waals surface area contributed by atoms with Crippen molar-refractivity contribution in [1.82, 2.24) is 4.98 Å². The topological polar surface area (TPSA) is 48.1 Å². The zero-order valence-electron chi connectivity index (χ0n) is 6.97. The van der Waals surface area contributed by atoms with Crippen LogP contribution < -0.4 is 5.73 Å². The third-order valence-electron chi connectivity index (χ3n) is 1.53. The third kappa shape index (κ3) is 2.05. The maximum absolute atomic E-state index is 5.70. The molecule has 0 aliphatic carbocycles. The molecule has 0 saturated carbocycles. The fourth-order valence-electron chi connectivity index (χ4n) is 0.835. The quantitative estimate of drug-likeness (QED) is 0.614. The Morgan fingerprint density at radius 2 is 2.23 bits per heavy atom. The lowest BCUT2D eigenvalue weighted by Gasteiger charge is -2.08. The number of nitrogens with two attached hydrogens (primary N) is 1. The summed E-state index contributed by atoms with van der Waals surface area (Å²) in [7, 11) is 1.49. The van der Waals surface area contributed by atoms with E-state index in [9.17, 15) is 0 Å². The Balaban J connectivity index is 3.28. The summed E-state index contributed by atoms with van der Waals surface area (Å²) in [5.41, 5.74) is 6.51. The molecule has 0 atom stereocenters. The van der Waals surface area contributed by atoms with Crippen LogP contribution in [0.5, 0.6) is 0 Å². The van der Waals surface area contributed by atoms with E-state index in [1.807, 2.05) is 0 Å². The summed E-state index contributed by atoms with van der Waals surface area (Å²) in [5, 5.41) is 0.410. The van der Waals surface area contributed by atoms with Gasteiger partial charge in [0.2, 0.25) is 0 Å². The lowest BCUT2D eigenvalue weighted by atomic mass is 10.2. The van der Waals surface area contributed by atoms with Gasteiger partial charge in [-0.3, -0.25) is 0 Å². The van der Waals surface area contributed by atoms with Gasteiger partial charge < -0.3 is 10.5 Å². The number of hydrogen-bond donors (Lipinski definition) is 1. The molecule has 0 fully saturated rings. The molecular formula is C8H8Cl2N2O. The summed E-state index contributed by atoms with van der Waals surface area (Å²) in [6, 6.07) is 1.55. The second-order valence-corrected chi connectivity index (χ2v) is 3.07. The van der Waals surface area contributed by atoms with Crippen LogP contribution in [0.15, 0.2) is 12.6 Å². The number of halogens is 2. The van der Waals surface area contributed by atoms with Gasteiger partial charge in [0.15, 0.2) is 5.15 Å². The Morgan fingerprint density at radius 1 is 1.62 bits per heavy atom. The average molecular weight is 219 g/mol. The van der Waals surface area contributed by atoms with Gasteiger partial charge in [-0.15, -0.1) is 0 Å². The van der Waals surface area contributed by atoms with Crippen LogP contribution in [0.1, 0.15) is 5.56 Å². The van der Waals surface area contributed by atoms with Crippen molar-refractivity contribution in [3.8, 4) is 0 Å². The fourth-order valence-corrected chi connectivity index (χ4v) is 1.26. The molecule has 1 aromatic heterocycles. The Labute approximate surface area is 86.1 Å². The number of rotatable bonds is 2. The molecule has 0 aliphatic heterocycles. The first kappa shape index (κ1) is 10.2. The average Bonchev–Trinajstić information content (AvgIpc) is 2.10. The summed E-state index contributed by atoms with van der Waals surface area (Å²) in [4.78, 5) is 3.76. The van der Waals surface area contributed by atoms with Gasteiger partial charge in [0.25, 0.3) is 0 Å². The lowest BCUT2D eigenvalue weighted by Crippen LogP contribution is -1.97. The van der Waals surface area contributed by atoms with E-state index in [4.69, 9.17) is 33.7 Å².